The van der Waals surface area contributed by atoms with Gasteiger partial charge in [-0.2, -0.15) is 0 Å². The van der Waals surface area contributed by atoms with Crippen LogP contribution in [0.3, 0.4) is 0 Å². The Morgan fingerprint density at radius 1 is 1.33 bits per heavy atom. The van der Waals surface area contributed by atoms with Crippen LogP contribution in [0.25, 0.3) is 0 Å². The molecule has 0 bridgehead atoms. The molecule has 3 atom stereocenters. The van der Waals surface area contributed by atoms with Crippen molar-refractivity contribution in [2.45, 2.75) is 24.8 Å². The highest BCUT2D eigenvalue weighted by Gasteiger charge is 2.48. The lowest BCUT2D eigenvalue weighted by Crippen LogP contribution is -2.58. The molecule has 1 saturated carbocycles. The van der Waals surface area contributed by atoms with Gasteiger partial charge in [0.05, 0.1) is 13.5 Å². The summed E-state index contributed by atoms with van der Waals surface area (Å²) in [5.74, 6) is -1.48. The Morgan fingerprint density at radius 2 is 2.04 bits per heavy atom. The van der Waals surface area contributed by atoms with Crippen LogP contribution in [0.1, 0.15) is 24.3 Å². The van der Waals surface area contributed by atoms with E-state index >= 15 is 0 Å². The van der Waals surface area contributed by atoms with Crippen LogP contribution in [0, 0.1) is 11.7 Å². The highest BCUT2D eigenvalue weighted by Crippen LogP contribution is 2.48. The molecule has 2 aliphatic rings. The van der Waals surface area contributed by atoms with Crippen molar-refractivity contribution < 1.29 is 23.5 Å². The first-order valence-electron chi connectivity index (χ1n) is 7.91. The summed E-state index contributed by atoms with van der Waals surface area (Å²) in [5.41, 5.74) is 0.917. The fourth-order valence-corrected chi connectivity index (χ4v) is 3.18. The van der Waals surface area contributed by atoms with Crippen LogP contribution in [-0.2, 0) is 19.1 Å². The van der Waals surface area contributed by atoms with E-state index in [1.165, 1.54) is 24.1 Å². The minimum atomic E-state index is -0.826. The van der Waals surface area contributed by atoms with Crippen LogP contribution in [0.4, 0.5) is 4.39 Å². The summed E-state index contributed by atoms with van der Waals surface area (Å²) in [6.07, 6.45) is 0.523. The largest absolute Gasteiger partial charge is 0.469 e. The number of hydrogen-bond donors (Lipinski definition) is 1. The molecule has 0 radical (unpaired) electrons. The van der Waals surface area contributed by atoms with Gasteiger partial charge in [-0.1, -0.05) is 12.1 Å². The Labute approximate surface area is 139 Å². The SMILES string of the molecule is COC(=O)C[C@@H]1C(=O)NCCN1C(=O)[C@@H]1C[C@H]1c1ccc(F)cc1. The molecule has 0 aromatic heterocycles. The van der Waals surface area contributed by atoms with E-state index in [9.17, 15) is 18.8 Å². The number of hydrogen-bond acceptors (Lipinski definition) is 4. The van der Waals surface area contributed by atoms with Gasteiger partial charge in [0.1, 0.15) is 11.9 Å². The predicted molar refractivity (Wildman–Crippen MR) is 82.4 cm³/mol. The number of nitrogens with one attached hydrogen (secondary N) is 1. The molecule has 1 aliphatic heterocycles. The molecule has 1 aromatic rings. The number of halogens is 1. The van der Waals surface area contributed by atoms with Crippen molar-refractivity contribution in [1.82, 2.24) is 10.2 Å². The molecule has 1 heterocycles. The number of carbonyl (C=O) groups is 3. The second-order valence-electron chi connectivity index (χ2n) is 6.12. The summed E-state index contributed by atoms with van der Waals surface area (Å²) in [7, 11) is 1.25. The normalized spacial score (nSPS) is 25.8. The van der Waals surface area contributed by atoms with E-state index in [0.717, 1.165) is 5.56 Å². The summed E-state index contributed by atoms with van der Waals surface area (Å²) in [6.45, 7) is 0.745. The summed E-state index contributed by atoms with van der Waals surface area (Å²) >= 11 is 0. The number of amides is 2. The van der Waals surface area contributed by atoms with E-state index in [0.29, 0.717) is 19.5 Å². The Morgan fingerprint density at radius 3 is 2.71 bits per heavy atom. The van der Waals surface area contributed by atoms with Gasteiger partial charge < -0.3 is 15.0 Å². The molecular weight excluding hydrogens is 315 g/mol. The van der Waals surface area contributed by atoms with Gasteiger partial charge in [0.2, 0.25) is 11.8 Å². The molecule has 1 aliphatic carbocycles. The number of esters is 1. The van der Waals surface area contributed by atoms with Gasteiger partial charge >= 0.3 is 5.97 Å². The number of benzene rings is 1. The maximum Gasteiger partial charge on any atom is 0.308 e. The lowest BCUT2D eigenvalue weighted by molar-refractivity contribution is -0.150. The molecule has 2 fully saturated rings. The van der Waals surface area contributed by atoms with Crippen LogP contribution in [0.5, 0.6) is 0 Å². The minimum absolute atomic E-state index is 0.0434. The zero-order valence-electron chi connectivity index (χ0n) is 13.3. The number of carbonyl (C=O) groups excluding carboxylic acids is 3. The first-order valence-corrected chi connectivity index (χ1v) is 7.91. The summed E-state index contributed by atoms with van der Waals surface area (Å²) in [5, 5.41) is 2.67. The van der Waals surface area contributed by atoms with Gasteiger partial charge in [0.15, 0.2) is 0 Å². The Hall–Kier alpha value is -2.44. The lowest BCUT2D eigenvalue weighted by atomic mass is 10.1. The molecule has 7 heteroatoms. The van der Waals surface area contributed by atoms with E-state index in [2.05, 4.69) is 10.1 Å². The van der Waals surface area contributed by atoms with Gasteiger partial charge in [-0.3, -0.25) is 14.4 Å². The number of rotatable bonds is 4. The standard InChI is InChI=1S/C17H19FN2O4/c1-24-15(21)9-14-16(22)19-6-7-20(14)17(23)13-8-12(13)10-2-4-11(18)5-3-10/h2-5,12-14H,6-9H2,1H3,(H,19,22)/t12-,13+,14+/m0/s1. The fraction of sp³-hybridized carbons (Fsp3) is 0.471. The van der Waals surface area contributed by atoms with E-state index < -0.39 is 12.0 Å². The third-order valence-electron chi connectivity index (χ3n) is 4.61. The van der Waals surface area contributed by atoms with Crippen LogP contribution in [0.2, 0.25) is 0 Å². The molecule has 2 amide bonds. The van der Waals surface area contributed by atoms with Gasteiger partial charge in [0, 0.05) is 19.0 Å². The summed E-state index contributed by atoms with van der Waals surface area (Å²) in [6, 6.07) is 5.30. The molecule has 128 valence electrons. The van der Waals surface area contributed by atoms with E-state index in [-0.39, 0.29) is 35.9 Å². The van der Waals surface area contributed by atoms with Crippen LogP contribution in [-0.4, -0.2) is 48.9 Å². The highest BCUT2D eigenvalue weighted by molar-refractivity contribution is 5.93. The van der Waals surface area contributed by atoms with E-state index in [4.69, 9.17) is 0 Å². The van der Waals surface area contributed by atoms with Crippen molar-refractivity contribution in [3.63, 3.8) is 0 Å². The predicted octanol–water partition coefficient (Wildman–Crippen LogP) is 0.819. The zero-order valence-corrected chi connectivity index (χ0v) is 13.3. The van der Waals surface area contributed by atoms with E-state index in [1.807, 2.05) is 0 Å². The minimum Gasteiger partial charge on any atom is -0.469 e. The van der Waals surface area contributed by atoms with Gasteiger partial charge in [-0.05, 0) is 30.0 Å². The number of methoxy groups -OCH3 is 1. The van der Waals surface area contributed by atoms with Crippen molar-refractivity contribution in [1.29, 1.82) is 0 Å². The maximum absolute atomic E-state index is 13.0. The summed E-state index contributed by atoms with van der Waals surface area (Å²) < 4.78 is 17.6. The van der Waals surface area contributed by atoms with E-state index in [1.54, 1.807) is 12.1 Å². The van der Waals surface area contributed by atoms with Crippen LogP contribution < -0.4 is 5.32 Å². The molecule has 1 saturated heterocycles. The topological polar surface area (TPSA) is 75.7 Å². The van der Waals surface area contributed by atoms with Crippen molar-refractivity contribution in [2.24, 2.45) is 5.92 Å². The molecular formula is C17H19FN2O4. The maximum atomic E-state index is 13.0. The average molecular weight is 334 g/mol. The zero-order chi connectivity index (χ0) is 17.3. The van der Waals surface area contributed by atoms with Crippen molar-refractivity contribution in [3.8, 4) is 0 Å². The molecule has 0 unspecified atom stereocenters. The molecule has 1 N–H and O–H groups in total. The molecule has 6 nitrogen and oxygen atoms in total. The monoisotopic (exact) mass is 334 g/mol. The van der Waals surface area contributed by atoms with Crippen LogP contribution in [0.15, 0.2) is 24.3 Å². The molecule has 3 rings (SSSR count). The fourth-order valence-electron chi connectivity index (χ4n) is 3.18. The quantitative estimate of drug-likeness (QED) is 0.827. The molecule has 0 spiro atoms. The Balaban J connectivity index is 1.70. The third-order valence-corrected chi connectivity index (χ3v) is 4.61. The lowest BCUT2D eigenvalue weighted by Gasteiger charge is -2.34. The van der Waals surface area contributed by atoms with Crippen molar-refractivity contribution in [3.05, 3.63) is 35.6 Å². The second-order valence-corrected chi connectivity index (χ2v) is 6.12. The molecule has 1 aromatic carbocycles. The van der Waals surface area contributed by atoms with Gasteiger partial charge in [0.25, 0.3) is 0 Å². The highest BCUT2D eigenvalue weighted by atomic mass is 19.1. The molecule has 24 heavy (non-hydrogen) atoms. The van der Waals surface area contributed by atoms with Crippen molar-refractivity contribution in [2.75, 3.05) is 20.2 Å². The van der Waals surface area contributed by atoms with Crippen molar-refractivity contribution >= 4 is 17.8 Å². The first-order chi connectivity index (χ1) is 11.5. The third kappa shape index (κ3) is 3.25. The first kappa shape index (κ1) is 16.4. The number of piperazine rings is 1. The second kappa shape index (κ2) is 6.59. The summed E-state index contributed by atoms with van der Waals surface area (Å²) in [4.78, 5) is 37.8. The van der Waals surface area contributed by atoms with Gasteiger partial charge in [-0.15, -0.1) is 0 Å². The Bertz CT molecular complexity index is 661. The smallest absolute Gasteiger partial charge is 0.308 e. The van der Waals surface area contributed by atoms with Crippen LogP contribution >= 0.6 is 0 Å². The average Bonchev–Trinajstić information content (AvgIpc) is 3.37. The number of nitrogens with zero attached hydrogens (tertiary/aromatic N) is 1. The Kier molecular flexibility index (Phi) is 4.51. The number of ether oxygens (including phenoxy) is 1. The van der Waals surface area contributed by atoms with Gasteiger partial charge in [-0.25, -0.2) is 4.39 Å².